The maximum absolute atomic E-state index is 13.3. The highest BCUT2D eigenvalue weighted by Crippen LogP contribution is 2.32. The van der Waals surface area contributed by atoms with E-state index in [0.717, 1.165) is 37.7 Å². The molecule has 0 spiro atoms. The van der Waals surface area contributed by atoms with Crippen LogP contribution in [0.25, 0.3) is 0 Å². The fourth-order valence-electron chi connectivity index (χ4n) is 5.54. The molecule has 22 nitrogen and oxygen atoms in total. The summed E-state index contributed by atoms with van der Waals surface area (Å²) >= 11 is 0. The van der Waals surface area contributed by atoms with E-state index in [1.807, 2.05) is 12.1 Å². The van der Waals surface area contributed by atoms with Gasteiger partial charge in [-0.3, -0.25) is 27.8 Å². The molecule has 1 heterocycles. The molecule has 1 saturated heterocycles. The van der Waals surface area contributed by atoms with Gasteiger partial charge in [-0.05, 0) is 31.2 Å². The first kappa shape index (κ1) is 44.0. The first-order chi connectivity index (χ1) is 24.1. The number of nitrogens with one attached hydrogen (secondary N) is 1. The van der Waals surface area contributed by atoms with Crippen molar-refractivity contribution in [3.8, 4) is 0 Å². The molecule has 1 aromatic carbocycles. The number of carbonyl (C=O) groups is 2. The maximum atomic E-state index is 13.3. The summed E-state index contributed by atoms with van der Waals surface area (Å²) < 4.78 is 157. The lowest BCUT2D eigenvalue weighted by Crippen LogP contribution is -2.63. The Morgan fingerprint density at radius 3 is 1.94 bits per heavy atom. The van der Waals surface area contributed by atoms with Crippen molar-refractivity contribution in [3.05, 3.63) is 35.9 Å². The van der Waals surface area contributed by atoms with Crippen molar-refractivity contribution in [1.82, 2.24) is 10.2 Å². The van der Waals surface area contributed by atoms with Gasteiger partial charge in [0.15, 0.2) is 12.4 Å². The molecule has 5 atom stereocenters. The summed E-state index contributed by atoms with van der Waals surface area (Å²) in [5.74, 6) is -0.840. The van der Waals surface area contributed by atoms with E-state index >= 15 is 0 Å². The smallest absolute Gasteiger partial charge is 0.352 e. The summed E-state index contributed by atoms with van der Waals surface area (Å²) in [5.41, 5.74) is 0.857. The molecular weight excluding hydrogens is 789 g/mol. The molecule has 1 aromatic rings. The first-order valence-electron chi connectivity index (χ1n) is 15.6. The molecule has 1 aliphatic heterocycles. The van der Waals surface area contributed by atoms with Crippen molar-refractivity contribution >= 4 is 53.4 Å². The largest absolute Gasteiger partial charge is 0.397 e. The lowest BCUT2D eigenvalue weighted by atomic mass is 9.95. The number of aryl methyl sites for hydroxylation is 1. The van der Waals surface area contributed by atoms with Gasteiger partial charge in [0.25, 0.3) is 0 Å². The average Bonchev–Trinajstić information content (AvgIpc) is 3.01. The monoisotopic (exact) mass is 828 g/mol. The van der Waals surface area contributed by atoms with Gasteiger partial charge in [0.1, 0.15) is 18.3 Å². The van der Waals surface area contributed by atoms with E-state index in [1.165, 1.54) is 4.90 Å². The van der Waals surface area contributed by atoms with Crippen LogP contribution < -0.4 is 5.32 Å². The van der Waals surface area contributed by atoms with Gasteiger partial charge >= 0.3 is 41.6 Å². The molecule has 2 aliphatic rings. The van der Waals surface area contributed by atoms with Crippen molar-refractivity contribution in [2.75, 3.05) is 26.3 Å². The standard InChI is InChI=1S/C26H40N2O20S4/c29-21(27-19-10-5-2-6-11-19)16-28(22(30)13-12-18-8-3-1-4-9-18)14-7-15-43-26-25(48-52(40,41)42)24(47-51(37,38)39)23(46-50(34,35)36)20(45-26)17-44-49(31,32)33/h1,3-4,8-9,19-20,23-26H,2,5-7,10-17H2,(H,27,29)(H,31,32,33)(H,34,35,36)(H,37,38,39)(H,40,41,42)/t20-,23-,24+,25+,26+/m1/s1. The Bertz CT molecular complexity index is 1770. The number of nitrogens with zero attached hydrogens (tertiary/aromatic N) is 1. The Hall–Kier alpha value is -2.44. The van der Waals surface area contributed by atoms with Gasteiger partial charge in [-0.25, -0.2) is 16.7 Å². The quantitative estimate of drug-likeness (QED) is 0.0810. The first-order valence-corrected chi connectivity index (χ1v) is 21.0. The lowest BCUT2D eigenvalue weighted by Gasteiger charge is -2.43. The fourth-order valence-corrected chi connectivity index (χ4v) is 7.35. The van der Waals surface area contributed by atoms with Crippen molar-refractivity contribution in [2.45, 2.75) is 88.1 Å². The van der Waals surface area contributed by atoms with Crippen LogP contribution in [0.5, 0.6) is 0 Å². The van der Waals surface area contributed by atoms with Gasteiger partial charge in [-0.2, -0.15) is 33.7 Å². The van der Waals surface area contributed by atoms with E-state index in [-0.39, 0.29) is 32.0 Å². The summed E-state index contributed by atoms with van der Waals surface area (Å²) in [6, 6.07) is 8.96. The van der Waals surface area contributed by atoms with Crippen molar-refractivity contribution in [1.29, 1.82) is 0 Å². The van der Waals surface area contributed by atoms with E-state index < -0.39 is 97.3 Å². The summed E-state index contributed by atoms with van der Waals surface area (Å²) in [5, 5.41) is 2.91. The predicted octanol–water partition coefficient (Wildman–Crippen LogP) is -0.588. The second-order valence-corrected chi connectivity index (χ2v) is 15.9. The Morgan fingerprint density at radius 1 is 0.788 bits per heavy atom. The van der Waals surface area contributed by atoms with Crippen LogP contribution in [0.3, 0.4) is 0 Å². The molecule has 2 fully saturated rings. The Kier molecular flexibility index (Phi) is 16.3. The van der Waals surface area contributed by atoms with Crippen LogP contribution in [0.15, 0.2) is 30.3 Å². The van der Waals surface area contributed by atoms with Gasteiger partial charge in [-0.1, -0.05) is 49.6 Å². The molecule has 2 amide bonds. The highest BCUT2D eigenvalue weighted by atomic mass is 32.3. The Balaban J connectivity index is 1.82. The van der Waals surface area contributed by atoms with Crippen LogP contribution >= 0.6 is 0 Å². The van der Waals surface area contributed by atoms with Gasteiger partial charge in [-0.15, -0.1) is 0 Å². The second-order valence-electron chi connectivity index (χ2n) is 11.6. The minimum Gasteiger partial charge on any atom is -0.352 e. The molecule has 0 aromatic heterocycles. The third-order valence-electron chi connectivity index (χ3n) is 7.65. The zero-order chi connectivity index (χ0) is 38.7. The molecule has 5 N–H and O–H groups in total. The molecule has 52 heavy (non-hydrogen) atoms. The number of hydrogen-bond acceptors (Lipinski definition) is 16. The molecule has 0 bridgehead atoms. The summed E-state index contributed by atoms with van der Waals surface area (Å²) in [6.07, 6.45) is -7.75. The highest BCUT2D eigenvalue weighted by Gasteiger charge is 2.54. The number of rotatable bonds is 20. The second kappa shape index (κ2) is 19.2. The Morgan fingerprint density at radius 2 is 1.37 bits per heavy atom. The van der Waals surface area contributed by atoms with Gasteiger partial charge < -0.3 is 19.7 Å². The molecule has 0 radical (unpaired) electrons. The van der Waals surface area contributed by atoms with Crippen molar-refractivity contribution in [3.63, 3.8) is 0 Å². The van der Waals surface area contributed by atoms with Crippen LogP contribution in [0, 0.1) is 0 Å². The fraction of sp³-hybridized carbons (Fsp3) is 0.692. The number of carbonyl (C=O) groups excluding carboxylic acids is 2. The number of benzene rings is 1. The van der Waals surface area contributed by atoms with Crippen LogP contribution in [0.1, 0.15) is 50.5 Å². The molecule has 0 unspecified atom stereocenters. The van der Waals surface area contributed by atoms with E-state index in [1.54, 1.807) is 18.2 Å². The summed E-state index contributed by atoms with van der Waals surface area (Å²) in [4.78, 5) is 27.4. The van der Waals surface area contributed by atoms with Gasteiger partial charge in [0, 0.05) is 19.0 Å². The van der Waals surface area contributed by atoms with Crippen LogP contribution in [0.2, 0.25) is 0 Å². The predicted molar refractivity (Wildman–Crippen MR) is 172 cm³/mol. The van der Waals surface area contributed by atoms with Crippen LogP contribution in [0.4, 0.5) is 0 Å². The molecule has 26 heteroatoms. The van der Waals surface area contributed by atoms with Crippen molar-refractivity contribution in [2.24, 2.45) is 0 Å². The van der Waals surface area contributed by atoms with Crippen molar-refractivity contribution < 1.29 is 87.7 Å². The van der Waals surface area contributed by atoms with Gasteiger partial charge in [0.05, 0.1) is 19.8 Å². The van der Waals surface area contributed by atoms with E-state index in [9.17, 15) is 56.9 Å². The number of amides is 2. The Labute approximate surface area is 300 Å². The zero-order valence-electron chi connectivity index (χ0n) is 27.2. The highest BCUT2D eigenvalue weighted by molar-refractivity contribution is 7.81. The minimum atomic E-state index is -5.70. The average molecular weight is 829 g/mol. The summed E-state index contributed by atoms with van der Waals surface area (Å²) in [6.45, 7) is -2.47. The molecule has 298 valence electrons. The summed E-state index contributed by atoms with van der Waals surface area (Å²) in [7, 11) is -22.3. The van der Waals surface area contributed by atoms with Gasteiger partial charge in [0.2, 0.25) is 11.8 Å². The van der Waals surface area contributed by atoms with E-state index in [0.29, 0.717) is 6.42 Å². The normalized spacial score (nSPS) is 23.6. The van der Waals surface area contributed by atoms with E-state index in [2.05, 4.69) is 22.0 Å². The van der Waals surface area contributed by atoms with Crippen LogP contribution in [-0.2, 0) is 83.8 Å². The van der Waals surface area contributed by atoms with Crippen LogP contribution in [-0.4, -0.2) is 132 Å². The lowest BCUT2D eigenvalue weighted by molar-refractivity contribution is -0.286. The topological polar surface area (TPSA) is 322 Å². The molecule has 1 aliphatic carbocycles. The number of hydrogen-bond donors (Lipinski definition) is 5. The molecule has 3 rings (SSSR count). The minimum absolute atomic E-state index is 0.0108. The SMILES string of the molecule is O=C(CN(CCCO[C@H]1O[C@H](COS(=O)(=O)O)[C@@H](OS(=O)(=O)O)[C@H](OS(=O)(=O)O)[C@@H]1OS(=O)(=O)O)C(=O)CCc1ccccc1)NC1CCCCC1. The third kappa shape index (κ3) is 16.7. The molecular formula is C26H40N2O20S4. The van der Waals surface area contributed by atoms with E-state index in [4.69, 9.17) is 14.0 Å². The maximum Gasteiger partial charge on any atom is 0.397 e. The molecule has 1 saturated carbocycles. The zero-order valence-corrected chi connectivity index (χ0v) is 30.5. The number of ether oxygens (including phenoxy) is 2. The third-order valence-corrected chi connectivity index (χ3v) is 9.48.